The number of hydrogen-bond donors (Lipinski definition) is 2. The van der Waals surface area contributed by atoms with Gasteiger partial charge in [0.2, 0.25) is 0 Å². The number of phenols is 2. The number of aryl methyl sites for hydroxylation is 2. The Bertz CT molecular complexity index is 1110. The molecule has 3 aromatic rings. The van der Waals surface area contributed by atoms with Crippen molar-refractivity contribution in [2.75, 3.05) is 0 Å². The summed E-state index contributed by atoms with van der Waals surface area (Å²) in [5.41, 5.74) is 1.19. The first-order chi connectivity index (χ1) is 12.8. The fourth-order valence-corrected chi connectivity index (χ4v) is 4.89. The standard InChI is InChI=1S/C21H18O5S/c1-13-7-9-15(11-18(13)22)21(16-10-8-14(2)19(23)12-16)17-5-3-4-6-20(17)27(24,25)26-21/h3-12,22-23H,1-2H3. The third-order valence-electron chi connectivity index (χ3n) is 5.00. The van der Waals surface area contributed by atoms with Crippen molar-refractivity contribution in [3.8, 4) is 11.5 Å². The number of aromatic hydroxyl groups is 2. The molecule has 1 aliphatic rings. The summed E-state index contributed by atoms with van der Waals surface area (Å²) in [6.07, 6.45) is 0. The second-order valence-corrected chi connectivity index (χ2v) is 8.23. The normalized spacial score (nSPS) is 16.8. The van der Waals surface area contributed by atoms with Crippen LogP contribution in [0.2, 0.25) is 0 Å². The van der Waals surface area contributed by atoms with Gasteiger partial charge < -0.3 is 10.2 Å². The van der Waals surface area contributed by atoms with Crippen LogP contribution >= 0.6 is 0 Å². The van der Waals surface area contributed by atoms with Crippen molar-refractivity contribution < 1.29 is 22.8 Å². The molecule has 4 rings (SSSR count). The van der Waals surface area contributed by atoms with Gasteiger partial charge in [-0.15, -0.1) is 0 Å². The number of rotatable bonds is 2. The van der Waals surface area contributed by atoms with E-state index >= 15 is 0 Å². The van der Waals surface area contributed by atoms with Crippen molar-refractivity contribution in [1.82, 2.24) is 0 Å². The summed E-state index contributed by atoms with van der Waals surface area (Å²) < 4.78 is 31.3. The molecule has 6 heteroatoms. The summed E-state index contributed by atoms with van der Waals surface area (Å²) in [4.78, 5) is 0.0742. The highest BCUT2D eigenvalue weighted by atomic mass is 32.2. The molecule has 0 aromatic heterocycles. The van der Waals surface area contributed by atoms with Crippen LogP contribution in [-0.2, 0) is 19.9 Å². The average Bonchev–Trinajstić information content (AvgIpc) is 2.89. The van der Waals surface area contributed by atoms with Gasteiger partial charge in [0.15, 0.2) is 5.60 Å². The van der Waals surface area contributed by atoms with Crippen LogP contribution in [0, 0.1) is 13.8 Å². The second-order valence-electron chi connectivity index (χ2n) is 6.72. The van der Waals surface area contributed by atoms with Crippen LogP contribution < -0.4 is 0 Å². The molecule has 0 spiro atoms. The second kappa shape index (κ2) is 5.84. The molecule has 0 aliphatic carbocycles. The van der Waals surface area contributed by atoms with Crippen LogP contribution in [0.5, 0.6) is 11.5 Å². The smallest absolute Gasteiger partial charge is 0.298 e. The molecule has 0 radical (unpaired) electrons. The molecule has 0 fully saturated rings. The number of benzene rings is 3. The summed E-state index contributed by atoms with van der Waals surface area (Å²) in [7, 11) is -4.02. The van der Waals surface area contributed by atoms with Crippen molar-refractivity contribution in [3.05, 3.63) is 88.5 Å². The van der Waals surface area contributed by atoms with Gasteiger partial charge >= 0.3 is 0 Å². The summed E-state index contributed by atoms with van der Waals surface area (Å²) in [6, 6.07) is 16.4. The van der Waals surface area contributed by atoms with Crippen LogP contribution in [0.1, 0.15) is 27.8 Å². The van der Waals surface area contributed by atoms with Crippen molar-refractivity contribution in [3.63, 3.8) is 0 Å². The fraction of sp³-hybridized carbons (Fsp3) is 0.143. The number of hydrogen-bond acceptors (Lipinski definition) is 5. The predicted octanol–water partition coefficient (Wildman–Crippen LogP) is 3.73. The SMILES string of the molecule is Cc1ccc(C2(c3ccc(C)c(O)c3)OS(=O)(=O)c3ccccc32)cc1O. The molecule has 138 valence electrons. The Morgan fingerprint density at radius 1 is 0.815 bits per heavy atom. The Labute approximate surface area is 157 Å². The maximum absolute atomic E-state index is 12.8. The van der Waals surface area contributed by atoms with Gasteiger partial charge in [-0.2, -0.15) is 8.42 Å². The minimum absolute atomic E-state index is 0.0357. The van der Waals surface area contributed by atoms with E-state index in [9.17, 15) is 18.6 Å². The van der Waals surface area contributed by atoms with Crippen molar-refractivity contribution in [2.24, 2.45) is 0 Å². The zero-order chi connectivity index (χ0) is 19.4. The summed E-state index contributed by atoms with van der Waals surface area (Å²) >= 11 is 0. The maximum atomic E-state index is 12.8. The fourth-order valence-electron chi connectivity index (χ4n) is 3.46. The first-order valence-corrected chi connectivity index (χ1v) is 9.82. The molecule has 27 heavy (non-hydrogen) atoms. The summed E-state index contributed by atoms with van der Waals surface area (Å²) in [6.45, 7) is 3.51. The number of fused-ring (bicyclic) bond motifs is 1. The van der Waals surface area contributed by atoms with Gasteiger partial charge in [-0.25, -0.2) is 4.18 Å². The van der Waals surface area contributed by atoms with Gasteiger partial charge in [0.05, 0.1) is 0 Å². The molecule has 1 heterocycles. The predicted molar refractivity (Wildman–Crippen MR) is 100 cm³/mol. The van der Waals surface area contributed by atoms with Crippen molar-refractivity contribution >= 4 is 10.1 Å². The molecule has 0 saturated carbocycles. The van der Waals surface area contributed by atoms with E-state index in [1.807, 2.05) is 0 Å². The van der Waals surface area contributed by atoms with Gasteiger partial charge in [0.1, 0.15) is 16.4 Å². The van der Waals surface area contributed by atoms with Crippen LogP contribution in [0.4, 0.5) is 0 Å². The van der Waals surface area contributed by atoms with Gasteiger partial charge in [-0.1, -0.05) is 42.5 Å². The molecular weight excluding hydrogens is 364 g/mol. The molecule has 0 amide bonds. The average molecular weight is 382 g/mol. The monoisotopic (exact) mass is 382 g/mol. The van der Waals surface area contributed by atoms with Crippen LogP contribution in [0.15, 0.2) is 65.6 Å². The zero-order valence-corrected chi connectivity index (χ0v) is 15.6. The largest absolute Gasteiger partial charge is 0.508 e. The molecule has 5 nitrogen and oxygen atoms in total. The van der Waals surface area contributed by atoms with E-state index in [-0.39, 0.29) is 16.4 Å². The van der Waals surface area contributed by atoms with Crippen molar-refractivity contribution in [2.45, 2.75) is 24.3 Å². The summed E-state index contributed by atoms with van der Waals surface area (Å²) in [5.74, 6) is 0.0715. The first kappa shape index (κ1) is 17.6. The van der Waals surface area contributed by atoms with Crippen LogP contribution in [0.25, 0.3) is 0 Å². The van der Waals surface area contributed by atoms with Gasteiger partial charge in [-0.3, -0.25) is 0 Å². The molecule has 0 atom stereocenters. The minimum Gasteiger partial charge on any atom is -0.508 e. The Morgan fingerprint density at radius 3 is 1.85 bits per heavy atom. The Kier molecular flexibility index (Phi) is 3.80. The molecule has 0 saturated heterocycles. The highest BCUT2D eigenvalue weighted by Gasteiger charge is 2.51. The lowest BCUT2D eigenvalue weighted by Gasteiger charge is -2.30. The Morgan fingerprint density at radius 2 is 1.33 bits per heavy atom. The highest BCUT2D eigenvalue weighted by molar-refractivity contribution is 7.87. The third kappa shape index (κ3) is 2.52. The van der Waals surface area contributed by atoms with E-state index in [2.05, 4.69) is 0 Å². The Balaban J connectivity index is 2.12. The molecule has 3 aromatic carbocycles. The minimum atomic E-state index is -4.02. The first-order valence-electron chi connectivity index (χ1n) is 8.41. The van der Waals surface area contributed by atoms with E-state index in [1.165, 1.54) is 18.2 Å². The van der Waals surface area contributed by atoms with E-state index in [0.29, 0.717) is 27.8 Å². The van der Waals surface area contributed by atoms with Crippen LogP contribution in [0.3, 0.4) is 0 Å². The van der Waals surface area contributed by atoms with E-state index in [1.54, 1.807) is 56.3 Å². The van der Waals surface area contributed by atoms with E-state index < -0.39 is 15.7 Å². The van der Waals surface area contributed by atoms with Crippen LogP contribution in [-0.4, -0.2) is 18.6 Å². The third-order valence-corrected chi connectivity index (χ3v) is 6.37. The highest BCUT2D eigenvalue weighted by Crippen LogP contribution is 2.51. The maximum Gasteiger partial charge on any atom is 0.298 e. The molecule has 0 unspecified atom stereocenters. The van der Waals surface area contributed by atoms with E-state index in [0.717, 1.165) is 0 Å². The lowest BCUT2D eigenvalue weighted by atomic mass is 9.79. The zero-order valence-electron chi connectivity index (χ0n) is 14.8. The quantitative estimate of drug-likeness (QED) is 0.660. The van der Waals surface area contributed by atoms with E-state index in [4.69, 9.17) is 4.18 Å². The topological polar surface area (TPSA) is 83.8 Å². The lowest BCUT2D eigenvalue weighted by molar-refractivity contribution is 0.179. The molecule has 2 N–H and O–H groups in total. The van der Waals surface area contributed by atoms with Gasteiger partial charge in [0.25, 0.3) is 10.1 Å². The van der Waals surface area contributed by atoms with Crippen molar-refractivity contribution in [1.29, 1.82) is 0 Å². The van der Waals surface area contributed by atoms with Gasteiger partial charge in [-0.05, 0) is 54.3 Å². The molecular formula is C21H18O5S. The molecule has 0 bridgehead atoms. The van der Waals surface area contributed by atoms with Gasteiger partial charge in [0, 0.05) is 5.56 Å². The Hall–Kier alpha value is -2.83. The number of phenolic OH excluding ortho intramolecular Hbond substituents is 2. The lowest BCUT2D eigenvalue weighted by Crippen LogP contribution is -2.29. The molecule has 1 aliphatic heterocycles. The summed E-state index contributed by atoms with van der Waals surface area (Å²) in [5, 5.41) is 20.5.